The minimum atomic E-state index is 0.0902. The molecule has 0 aromatic carbocycles. The van der Waals surface area contributed by atoms with Gasteiger partial charge in [0.15, 0.2) is 5.78 Å². The summed E-state index contributed by atoms with van der Waals surface area (Å²) in [6, 6.07) is 3.61. The van der Waals surface area contributed by atoms with Crippen molar-refractivity contribution < 1.29 is 9.53 Å². The molecule has 2 rings (SSSR count). The maximum Gasteiger partial charge on any atom is 0.184 e. The van der Waals surface area contributed by atoms with Crippen LogP contribution in [0.1, 0.15) is 23.3 Å². The van der Waals surface area contributed by atoms with E-state index in [1.54, 1.807) is 12.3 Å². The Kier molecular flexibility index (Phi) is 3.49. The van der Waals surface area contributed by atoms with E-state index < -0.39 is 0 Å². The normalized spacial score (nSPS) is 17.7. The van der Waals surface area contributed by atoms with Crippen molar-refractivity contribution in [2.45, 2.75) is 12.8 Å². The van der Waals surface area contributed by atoms with E-state index in [4.69, 9.17) is 4.74 Å². The van der Waals surface area contributed by atoms with E-state index in [2.05, 4.69) is 20.9 Å². The van der Waals surface area contributed by atoms with Crippen molar-refractivity contribution in [2.24, 2.45) is 5.92 Å². The second kappa shape index (κ2) is 4.86. The number of hydrogen-bond acceptors (Lipinski definition) is 3. The molecule has 1 aromatic rings. The predicted molar refractivity (Wildman–Crippen MR) is 59.8 cm³/mol. The minimum absolute atomic E-state index is 0.0902. The third kappa shape index (κ3) is 2.63. The molecule has 15 heavy (non-hydrogen) atoms. The molecule has 1 fully saturated rings. The standard InChI is InChI=1S/C11H12BrNO2/c12-9-1-2-10(13-7-9)11(14)8-3-5-15-6-4-8/h1-2,7-8H,3-6H2. The highest BCUT2D eigenvalue weighted by Crippen LogP contribution is 2.19. The molecule has 0 radical (unpaired) electrons. The average molecular weight is 270 g/mol. The van der Waals surface area contributed by atoms with Gasteiger partial charge < -0.3 is 4.74 Å². The maximum absolute atomic E-state index is 12.0. The van der Waals surface area contributed by atoms with Crippen molar-refractivity contribution in [1.29, 1.82) is 0 Å². The highest BCUT2D eigenvalue weighted by atomic mass is 79.9. The van der Waals surface area contributed by atoms with Gasteiger partial charge in [0.1, 0.15) is 5.69 Å². The molecule has 0 aliphatic carbocycles. The first kappa shape index (κ1) is 10.8. The first-order valence-electron chi connectivity index (χ1n) is 5.01. The molecular weight excluding hydrogens is 258 g/mol. The summed E-state index contributed by atoms with van der Waals surface area (Å²) in [5, 5.41) is 0. The Bertz CT molecular complexity index is 344. The van der Waals surface area contributed by atoms with Crippen LogP contribution in [-0.4, -0.2) is 24.0 Å². The number of carbonyl (C=O) groups is 1. The van der Waals surface area contributed by atoms with E-state index in [0.717, 1.165) is 17.3 Å². The van der Waals surface area contributed by atoms with Crippen LogP contribution in [0.5, 0.6) is 0 Å². The van der Waals surface area contributed by atoms with E-state index in [0.29, 0.717) is 18.9 Å². The summed E-state index contributed by atoms with van der Waals surface area (Å²) in [5.74, 6) is 0.234. The van der Waals surface area contributed by atoms with Crippen molar-refractivity contribution in [3.8, 4) is 0 Å². The zero-order chi connectivity index (χ0) is 10.7. The molecule has 0 unspecified atom stereocenters. The van der Waals surface area contributed by atoms with Gasteiger partial charge in [0.2, 0.25) is 0 Å². The molecule has 1 saturated heterocycles. The van der Waals surface area contributed by atoms with Crippen LogP contribution in [0.2, 0.25) is 0 Å². The summed E-state index contributed by atoms with van der Waals surface area (Å²) >= 11 is 3.30. The Balaban J connectivity index is 2.09. The van der Waals surface area contributed by atoms with Crippen LogP contribution < -0.4 is 0 Å². The maximum atomic E-state index is 12.0. The molecule has 0 atom stereocenters. The number of halogens is 1. The van der Waals surface area contributed by atoms with E-state index in [9.17, 15) is 4.79 Å². The van der Waals surface area contributed by atoms with Crippen molar-refractivity contribution in [3.63, 3.8) is 0 Å². The predicted octanol–water partition coefficient (Wildman–Crippen LogP) is 2.45. The molecule has 0 N–H and O–H groups in total. The average Bonchev–Trinajstić information content (AvgIpc) is 2.30. The number of pyridine rings is 1. The van der Waals surface area contributed by atoms with Crippen LogP contribution in [-0.2, 0) is 4.74 Å². The molecule has 1 aromatic heterocycles. The lowest BCUT2D eigenvalue weighted by Crippen LogP contribution is -2.24. The van der Waals surface area contributed by atoms with Gasteiger partial charge in [-0.1, -0.05) is 0 Å². The van der Waals surface area contributed by atoms with Crippen molar-refractivity contribution >= 4 is 21.7 Å². The van der Waals surface area contributed by atoms with E-state index in [1.165, 1.54) is 0 Å². The molecule has 80 valence electrons. The smallest absolute Gasteiger partial charge is 0.184 e. The highest BCUT2D eigenvalue weighted by Gasteiger charge is 2.23. The number of carbonyl (C=O) groups excluding carboxylic acids is 1. The number of Topliss-reactive ketones (excluding diaryl/α,β-unsaturated/α-hetero) is 1. The third-order valence-corrected chi connectivity index (χ3v) is 3.04. The summed E-state index contributed by atoms with van der Waals surface area (Å²) < 4.78 is 6.12. The van der Waals surface area contributed by atoms with Crippen LogP contribution in [0, 0.1) is 5.92 Å². The Morgan fingerprint density at radius 2 is 2.13 bits per heavy atom. The first-order chi connectivity index (χ1) is 7.27. The van der Waals surface area contributed by atoms with Gasteiger partial charge in [-0.15, -0.1) is 0 Å². The summed E-state index contributed by atoms with van der Waals surface area (Å²) in [5.41, 5.74) is 0.560. The summed E-state index contributed by atoms with van der Waals surface area (Å²) in [6.45, 7) is 1.37. The Morgan fingerprint density at radius 1 is 1.40 bits per heavy atom. The lowest BCUT2D eigenvalue weighted by molar-refractivity contribution is 0.0541. The monoisotopic (exact) mass is 269 g/mol. The van der Waals surface area contributed by atoms with Gasteiger partial charge >= 0.3 is 0 Å². The minimum Gasteiger partial charge on any atom is -0.381 e. The van der Waals surface area contributed by atoms with Crippen molar-refractivity contribution in [1.82, 2.24) is 4.98 Å². The van der Waals surface area contributed by atoms with Gasteiger partial charge in [-0.05, 0) is 40.9 Å². The largest absolute Gasteiger partial charge is 0.381 e. The first-order valence-corrected chi connectivity index (χ1v) is 5.80. The van der Waals surface area contributed by atoms with Crippen molar-refractivity contribution in [3.05, 3.63) is 28.5 Å². The molecule has 0 bridgehead atoms. The lowest BCUT2D eigenvalue weighted by Gasteiger charge is -2.20. The molecule has 4 heteroatoms. The summed E-state index contributed by atoms with van der Waals surface area (Å²) in [6.07, 6.45) is 3.29. The fraction of sp³-hybridized carbons (Fsp3) is 0.455. The second-order valence-corrected chi connectivity index (χ2v) is 4.53. The molecule has 0 saturated carbocycles. The van der Waals surface area contributed by atoms with E-state index in [-0.39, 0.29) is 11.7 Å². The topological polar surface area (TPSA) is 39.2 Å². The van der Waals surface area contributed by atoms with Crippen LogP contribution in [0.4, 0.5) is 0 Å². The Hall–Kier alpha value is -0.740. The zero-order valence-electron chi connectivity index (χ0n) is 8.28. The van der Waals surface area contributed by atoms with Gasteiger partial charge in [0.25, 0.3) is 0 Å². The fourth-order valence-corrected chi connectivity index (χ4v) is 1.93. The number of ketones is 1. The van der Waals surface area contributed by atoms with Crippen LogP contribution in [0.15, 0.2) is 22.8 Å². The number of rotatable bonds is 2. The van der Waals surface area contributed by atoms with Gasteiger partial charge in [-0.3, -0.25) is 9.78 Å². The van der Waals surface area contributed by atoms with E-state index in [1.807, 2.05) is 6.07 Å². The molecule has 2 heterocycles. The molecule has 1 aliphatic rings. The summed E-state index contributed by atoms with van der Waals surface area (Å²) in [7, 11) is 0. The lowest BCUT2D eigenvalue weighted by atomic mass is 9.93. The third-order valence-electron chi connectivity index (χ3n) is 2.57. The van der Waals surface area contributed by atoms with Crippen LogP contribution in [0.25, 0.3) is 0 Å². The number of nitrogens with zero attached hydrogens (tertiary/aromatic N) is 1. The SMILES string of the molecule is O=C(c1ccc(Br)cn1)C1CCOCC1. The van der Waals surface area contributed by atoms with Crippen LogP contribution in [0.3, 0.4) is 0 Å². The van der Waals surface area contributed by atoms with Crippen molar-refractivity contribution in [2.75, 3.05) is 13.2 Å². The van der Waals surface area contributed by atoms with Gasteiger partial charge in [-0.2, -0.15) is 0 Å². The van der Waals surface area contributed by atoms with Crippen LogP contribution >= 0.6 is 15.9 Å². The molecular formula is C11H12BrNO2. The van der Waals surface area contributed by atoms with Gasteiger partial charge in [0, 0.05) is 29.8 Å². The number of ether oxygens (including phenoxy) is 1. The Morgan fingerprint density at radius 3 is 2.73 bits per heavy atom. The highest BCUT2D eigenvalue weighted by molar-refractivity contribution is 9.10. The van der Waals surface area contributed by atoms with Gasteiger partial charge in [0.05, 0.1) is 0 Å². The molecule has 0 amide bonds. The quantitative estimate of drug-likeness (QED) is 0.775. The number of hydrogen-bond donors (Lipinski definition) is 0. The number of aromatic nitrogens is 1. The van der Waals surface area contributed by atoms with Gasteiger partial charge in [-0.25, -0.2) is 0 Å². The summed E-state index contributed by atoms with van der Waals surface area (Å²) in [4.78, 5) is 16.1. The molecule has 0 spiro atoms. The fourth-order valence-electron chi connectivity index (χ4n) is 1.69. The van der Waals surface area contributed by atoms with E-state index >= 15 is 0 Å². The second-order valence-electron chi connectivity index (χ2n) is 3.61. The zero-order valence-corrected chi connectivity index (χ0v) is 9.87. The molecule has 3 nitrogen and oxygen atoms in total. The molecule has 1 aliphatic heterocycles. The Labute approximate surface area is 97.0 Å².